The van der Waals surface area contributed by atoms with Crippen LogP contribution in [0.25, 0.3) is 0 Å². The van der Waals surface area contributed by atoms with E-state index in [2.05, 4.69) is 6.92 Å². The molecule has 0 aliphatic carbocycles. The lowest BCUT2D eigenvalue weighted by molar-refractivity contribution is -0.157. The molecule has 1 aliphatic rings. The maximum absolute atomic E-state index is 10.9. The molecule has 0 radical (unpaired) electrons. The van der Waals surface area contributed by atoms with Crippen LogP contribution in [0.3, 0.4) is 0 Å². The van der Waals surface area contributed by atoms with Crippen LogP contribution >= 0.6 is 11.6 Å². The van der Waals surface area contributed by atoms with Gasteiger partial charge in [0.25, 0.3) is 0 Å². The van der Waals surface area contributed by atoms with Gasteiger partial charge in [0.2, 0.25) is 0 Å². The number of hydrogen-bond donors (Lipinski definition) is 1. The Morgan fingerprint density at radius 1 is 1.47 bits per heavy atom. The number of ether oxygens (including phenoxy) is 2. The van der Waals surface area contributed by atoms with E-state index in [9.17, 15) is 5.11 Å². The third kappa shape index (κ3) is 2.88. The van der Waals surface area contributed by atoms with E-state index in [1.165, 1.54) is 0 Å². The van der Waals surface area contributed by atoms with Gasteiger partial charge in [0.05, 0.1) is 29.9 Å². The molecule has 3 nitrogen and oxygen atoms in total. The molecule has 1 fully saturated rings. The van der Waals surface area contributed by atoms with Gasteiger partial charge in [-0.05, 0) is 31.0 Å². The van der Waals surface area contributed by atoms with Crippen LogP contribution in [0.1, 0.15) is 38.7 Å². The predicted octanol–water partition coefficient (Wildman–Crippen LogP) is 3.52. The van der Waals surface area contributed by atoms with Gasteiger partial charge in [0, 0.05) is 12.8 Å². The van der Waals surface area contributed by atoms with E-state index in [0.717, 1.165) is 12.0 Å². The Morgan fingerprint density at radius 2 is 2.21 bits per heavy atom. The Bertz CT molecular complexity index is 463. The van der Waals surface area contributed by atoms with Crippen molar-refractivity contribution >= 4 is 11.6 Å². The number of methoxy groups -OCH3 is 1. The molecular weight excluding hydrogens is 264 g/mol. The highest BCUT2D eigenvalue weighted by atomic mass is 35.5. The molecule has 0 saturated carbocycles. The minimum atomic E-state index is -0.874. The van der Waals surface area contributed by atoms with Crippen LogP contribution in [0.2, 0.25) is 5.02 Å². The molecule has 0 aromatic heterocycles. The van der Waals surface area contributed by atoms with Crippen molar-refractivity contribution in [2.24, 2.45) is 0 Å². The summed E-state index contributed by atoms with van der Waals surface area (Å²) in [4.78, 5) is 0. The van der Waals surface area contributed by atoms with Crippen molar-refractivity contribution in [2.45, 2.75) is 44.3 Å². The first kappa shape index (κ1) is 14.6. The molecule has 2 unspecified atom stereocenters. The molecular formula is C15H21ClO3. The summed E-state index contributed by atoms with van der Waals surface area (Å²) in [5.74, 6) is 0.595. The summed E-state index contributed by atoms with van der Waals surface area (Å²) >= 11 is 6.03. The molecule has 0 amide bonds. The molecule has 2 rings (SSSR count). The van der Waals surface area contributed by atoms with Gasteiger partial charge in [-0.15, -0.1) is 0 Å². The van der Waals surface area contributed by atoms with E-state index in [1.807, 2.05) is 19.1 Å². The summed E-state index contributed by atoms with van der Waals surface area (Å²) in [5, 5.41) is 11.5. The standard InChI is InChI=1S/C15H21ClO3/c1-4-14(2)10-15(17,7-8-19-14)11-5-6-12(16)13(9-11)18-3/h5-6,9,17H,4,7-8,10H2,1-3H3. The molecule has 106 valence electrons. The fraction of sp³-hybridized carbons (Fsp3) is 0.600. The van der Waals surface area contributed by atoms with Gasteiger partial charge in [-0.1, -0.05) is 24.6 Å². The smallest absolute Gasteiger partial charge is 0.137 e. The highest BCUT2D eigenvalue weighted by Gasteiger charge is 2.42. The van der Waals surface area contributed by atoms with Crippen LogP contribution in [-0.4, -0.2) is 24.4 Å². The van der Waals surface area contributed by atoms with E-state index in [4.69, 9.17) is 21.1 Å². The van der Waals surface area contributed by atoms with Gasteiger partial charge in [-0.3, -0.25) is 0 Å². The molecule has 0 spiro atoms. The van der Waals surface area contributed by atoms with Crippen LogP contribution in [0.4, 0.5) is 0 Å². The monoisotopic (exact) mass is 284 g/mol. The van der Waals surface area contributed by atoms with E-state index in [-0.39, 0.29) is 5.60 Å². The molecule has 1 heterocycles. The average Bonchev–Trinajstić information content (AvgIpc) is 2.39. The van der Waals surface area contributed by atoms with Gasteiger partial charge in [0.1, 0.15) is 5.75 Å². The van der Waals surface area contributed by atoms with Crippen molar-refractivity contribution in [2.75, 3.05) is 13.7 Å². The molecule has 1 aliphatic heterocycles. The molecule has 4 heteroatoms. The second-order valence-corrected chi connectivity index (χ2v) is 5.87. The Balaban J connectivity index is 2.33. The number of aliphatic hydroxyl groups is 1. The fourth-order valence-corrected chi connectivity index (χ4v) is 2.84. The molecule has 1 aromatic carbocycles. The zero-order valence-corrected chi connectivity index (χ0v) is 12.5. The predicted molar refractivity (Wildman–Crippen MR) is 75.8 cm³/mol. The molecule has 2 atom stereocenters. The third-order valence-corrected chi connectivity index (χ3v) is 4.38. The SMILES string of the molecule is CCC1(C)CC(O)(c2ccc(Cl)c(OC)c2)CCO1. The molecule has 1 saturated heterocycles. The van der Waals surface area contributed by atoms with Crippen LogP contribution in [-0.2, 0) is 10.3 Å². The summed E-state index contributed by atoms with van der Waals surface area (Å²) in [5.41, 5.74) is -0.308. The van der Waals surface area contributed by atoms with Crippen LogP contribution < -0.4 is 4.74 Å². The Hall–Kier alpha value is -0.770. The average molecular weight is 285 g/mol. The highest BCUT2D eigenvalue weighted by molar-refractivity contribution is 6.32. The van der Waals surface area contributed by atoms with Crippen LogP contribution in [0, 0.1) is 0 Å². The van der Waals surface area contributed by atoms with Gasteiger partial charge in [0.15, 0.2) is 0 Å². The van der Waals surface area contributed by atoms with Crippen molar-refractivity contribution in [1.82, 2.24) is 0 Å². The van der Waals surface area contributed by atoms with Gasteiger partial charge < -0.3 is 14.6 Å². The fourth-order valence-electron chi connectivity index (χ4n) is 2.65. The normalized spacial score (nSPS) is 31.2. The molecule has 19 heavy (non-hydrogen) atoms. The third-order valence-electron chi connectivity index (χ3n) is 4.07. The van der Waals surface area contributed by atoms with Crippen LogP contribution in [0.15, 0.2) is 18.2 Å². The lowest BCUT2D eigenvalue weighted by Crippen LogP contribution is -2.45. The Kier molecular flexibility index (Phi) is 4.09. The van der Waals surface area contributed by atoms with Crippen molar-refractivity contribution in [1.29, 1.82) is 0 Å². The number of halogens is 1. The van der Waals surface area contributed by atoms with Crippen molar-refractivity contribution in [3.05, 3.63) is 28.8 Å². The molecule has 0 bridgehead atoms. The van der Waals surface area contributed by atoms with Gasteiger partial charge in [-0.25, -0.2) is 0 Å². The first-order chi connectivity index (χ1) is 8.92. The van der Waals surface area contributed by atoms with Gasteiger partial charge >= 0.3 is 0 Å². The van der Waals surface area contributed by atoms with E-state index in [0.29, 0.717) is 30.2 Å². The second-order valence-electron chi connectivity index (χ2n) is 5.46. The number of hydrogen-bond acceptors (Lipinski definition) is 3. The number of benzene rings is 1. The van der Waals surface area contributed by atoms with E-state index >= 15 is 0 Å². The lowest BCUT2D eigenvalue weighted by atomic mass is 9.77. The quantitative estimate of drug-likeness (QED) is 0.923. The lowest BCUT2D eigenvalue weighted by Gasteiger charge is -2.43. The summed E-state index contributed by atoms with van der Waals surface area (Å²) < 4.78 is 11.0. The van der Waals surface area contributed by atoms with Crippen molar-refractivity contribution in [3.63, 3.8) is 0 Å². The summed E-state index contributed by atoms with van der Waals surface area (Å²) in [6.07, 6.45) is 2.05. The summed E-state index contributed by atoms with van der Waals surface area (Å²) in [6, 6.07) is 5.46. The summed E-state index contributed by atoms with van der Waals surface area (Å²) in [7, 11) is 1.58. The molecule has 1 aromatic rings. The van der Waals surface area contributed by atoms with E-state index < -0.39 is 5.60 Å². The van der Waals surface area contributed by atoms with Crippen LogP contribution in [0.5, 0.6) is 5.75 Å². The Labute approximate surface area is 119 Å². The topological polar surface area (TPSA) is 38.7 Å². The first-order valence-electron chi connectivity index (χ1n) is 6.63. The van der Waals surface area contributed by atoms with Crippen molar-refractivity contribution < 1.29 is 14.6 Å². The maximum atomic E-state index is 10.9. The second kappa shape index (κ2) is 5.31. The Morgan fingerprint density at radius 3 is 2.84 bits per heavy atom. The van der Waals surface area contributed by atoms with E-state index in [1.54, 1.807) is 13.2 Å². The highest BCUT2D eigenvalue weighted by Crippen LogP contribution is 2.42. The summed E-state index contributed by atoms with van der Waals surface area (Å²) in [6.45, 7) is 4.68. The number of rotatable bonds is 3. The van der Waals surface area contributed by atoms with Gasteiger partial charge in [-0.2, -0.15) is 0 Å². The minimum Gasteiger partial charge on any atom is -0.495 e. The minimum absolute atomic E-state index is 0.278. The first-order valence-corrected chi connectivity index (χ1v) is 7.01. The zero-order chi connectivity index (χ0) is 14.1. The maximum Gasteiger partial charge on any atom is 0.137 e. The molecule has 1 N–H and O–H groups in total. The zero-order valence-electron chi connectivity index (χ0n) is 11.7. The van der Waals surface area contributed by atoms with Crippen molar-refractivity contribution in [3.8, 4) is 5.75 Å². The largest absolute Gasteiger partial charge is 0.495 e.